The summed E-state index contributed by atoms with van der Waals surface area (Å²) < 4.78 is 40.6. The first kappa shape index (κ1) is 29.6. The van der Waals surface area contributed by atoms with Crippen molar-refractivity contribution in [3.63, 3.8) is 0 Å². The van der Waals surface area contributed by atoms with Crippen LogP contribution in [0.3, 0.4) is 0 Å². The summed E-state index contributed by atoms with van der Waals surface area (Å²) in [5, 5.41) is 20.4. The minimum absolute atomic E-state index is 0.108. The van der Waals surface area contributed by atoms with Crippen molar-refractivity contribution in [2.75, 3.05) is 25.1 Å². The Morgan fingerprint density at radius 2 is 1.80 bits per heavy atom. The van der Waals surface area contributed by atoms with E-state index in [0.29, 0.717) is 33.9 Å². The molecule has 6 rings (SSSR count). The van der Waals surface area contributed by atoms with Crippen molar-refractivity contribution in [2.24, 2.45) is 0 Å². The number of nitrogens with zero attached hydrogens (tertiary/aromatic N) is 4. The van der Waals surface area contributed by atoms with Gasteiger partial charge in [-0.05, 0) is 67.3 Å². The molecule has 0 aliphatic carbocycles. The number of hydrogen-bond acceptors (Lipinski definition) is 8. The van der Waals surface area contributed by atoms with Gasteiger partial charge in [0.1, 0.15) is 23.5 Å². The second kappa shape index (κ2) is 11.9. The van der Waals surface area contributed by atoms with Gasteiger partial charge in [0.05, 0.1) is 18.4 Å². The molecule has 2 saturated heterocycles. The maximum atomic E-state index is 15.5. The Bertz CT molecular complexity index is 1710. The highest BCUT2D eigenvalue weighted by atomic mass is 19.1. The molecule has 0 bridgehead atoms. The van der Waals surface area contributed by atoms with Crippen LogP contribution in [0, 0.1) is 18.6 Å². The maximum Gasteiger partial charge on any atom is 0.335 e. The van der Waals surface area contributed by atoms with E-state index in [0.717, 1.165) is 25.1 Å². The molecule has 9 nitrogen and oxygen atoms in total. The monoisotopic (exact) mass is 602 g/mol. The predicted octanol–water partition coefficient (Wildman–Crippen LogP) is 5.55. The molecule has 1 aromatic heterocycles. The number of hydrogen-bond donors (Lipinski definition) is 2. The van der Waals surface area contributed by atoms with Crippen LogP contribution >= 0.6 is 0 Å². The van der Waals surface area contributed by atoms with Crippen molar-refractivity contribution >= 4 is 11.9 Å². The molecule has 3 aromatic carbocycles. The fourth-order valence-corrected chi connectivity index (χ4v) is 5.76. The number of halogens is 2. The lowest BCUT2D eigenvalue weighted by Crippen LogP contribution is -2.39. The van der Waals surface area contributed by atoms with Crippen molar-refractivity contribution < 1.29 is 33.3 Å². The van der Waals surface area contributed by atoms with Crippen molar-refractivity contribution in [1.82, 2.24) is 14.9 Å². The smallest absolute Gasteiger partial charge is 0.335 e. The molecule has 44 heavy (non-hydrogen) atoms. The number of anilines is 1. The largest absolute Gasteiger partial charge is 0.496 e. The molecule has 3 heterocycles. The third-order valence-electron chi connectivity index (χ3n) is 8.38. The standard InChI is InChI=1S/C33H32F2N4O5/c1-18-13-21(31(40)41)7-10-23(18)24-14-25(29(43-3)15-27(24)35)26-16-36-32(38-11-4-12-38)37-28(26)17-39-19(2)30(44-33(39)42)20-5-8-22(34)9-6-20/h5-10,13-16,19,30,33,42H,4,11-12,17H2,1-3H3,(H,40,41)/t19-,30-,33?/m0/s1. The summed E-state index contributed by atoms with van der Waals surface area (Å²) in [7, 11) is 1.45. The number of methoxy groups -OCH3 is 1. The molecular weight excluding hydrogens is 570 g/mol. The Kier molecular flexibility index (Phi) is 8.02. The molecule has 2 fully saturated rings. The SMILES string of the molecule is COc1cc(F)c(-c2ccc(C(=O)O)cc2C)cc1-c1cnc(N2CCC2)nc1CN1C(O)O[C@H](c2ccc(F)cc2)[C@@H]1C. The molecule has 2 aliphatic rings. The zero-order valence-corrected chi connectivity index (χ0v) is 24.5. The number of aromatic nitrogens is 2. The first-order valence-corrected chi connectivity index (χ1v) is 14.3. The normalized spacial score (nSPS) is 20.0. The average molecular weight is 603 g/mol. The van der Waals surface area contributed by atoms with Crippen LogP contribution in [-0.2, 0) is 11.3 Å². The Hall–Kier alpha value is -4.45. The Morgan fingerprint density at radius 3 is 2.43 bits per heavy atom. The van der Waals surface area contributed by atoms with E-state index in [-0.39, 0.29) is 35.3 Å². The number of carboxylic acid groups (broad SMARTS) is 1. The molecule has 228 valence electrons. The third kappa shape index (κ3) is 5.49. The molecule has 0 spiro atoms. The topological polar surface area (TPSA) is 108 Å². The molecule has 11 heteroatoms. The van der Waals surface area contributed by atoms with E-state index in [1.54, 1.807) is 42.3 Å². The molecule has 1 unspecified atom stereocenters. The van der Waals surface area contributed by atoms with Crippen LogP contribution in [0.15, 0.2) is 60.8 Å². The van der Waals surface area contributed by atoms with Gasteiger partial charge in [-0.2, -0.15) is 0 Å². The highest BCUT2D eigenvalue weighted by Gasteiger charge is 2.40. The van der Waals surface area contributed by atoms with Crippen LogP contribution in [-0.4, -0.2) is 63.7 Å². The maximum absolute atomic E-state index is 15.5. The highest BCUT2D eigenvalue weighted by molar-refractivity contribution is 5.89. The Balaban J connectivity index is 1.42. The summed E-state index contributed by atoms with van der Waals surface area (Å²) in [6.45, 7) is 5.47. The fourth-order valence-electron chi connectivity index (χ4n) is 5.76. The van der Waals surface area contributed by atoms with Gasteiger partial charge in [-0.3, -0.25) is 0 Å². The van der Waals surface area contributed by atoms with E-state index < -0.39 is 24.3 Å². The number of ether oxygens (including phenoxy) is 2. The van der Waals surface area contributed by atoms with Crippen LogP contribution in [0.5, 0.6) is 5.75 Å². The van der Waals surface area contributed by atoms with Crippen LogP contribution < -0.4 is 9.64 Å². The molecule has 0 radical (unpaired) electrons. The van der Waals surface area contributed by atoms with Crippen LogP contribution in [0.1, 0.15) is 46.6 Å². The van der Waals surface area contributed by atoms with Crippen LogP contribution in [0.2, 0.25) is 0 Å². The van der Waals surface area contributed by atoms with Gasteiger partial charge in [-0.25, -0.2) is 28.4 Å². The average Bonchev–Trinajstić information content (AvgIpc) is 3.25. The van der Waals surface area contributed by atoms with E-state index in [1.165, 1.54) is 37.4 Å². The summed E-state index contributed by atoms with van der Waals surface area (Å²) >= 11 is 0. The van der Waals surface area contributed by atoms with Crippen molar-refractivity contribution in [3.05, 3.63) is 94.8 Å². The molecule has 2 aliphatic heterocycles. The van der Waals surface area contributed by atoms with Gasteiger partial charge in [-0.15, -0.1) is 0 Å². The van der Waals surface area contributed by atoms with Gasteiger partial charge in [0, 0.05) is 54.6 Å². The minimum Gasteiger partial charge on any atom is -0.496 e. The fraction of sp³-hybridized carbons (Fsp3) is 0.303. The number of benzene rings is 3. The van der Waals surface area contributed by atoms with Crippen molar-refractivity contribution in [3.8, 4) is 28.0 Å². The first-order chi connectivity index (χ1) is 21.1. The minimum atomic E-state index is -1.25. The van der Waals surface area contributed by atoms with Gasteiger partial charge in [0.15, 0.2) is 0 Å². The van der Waals surface area contributed by atoms with Gasteiger partial charge in [0.25, 0.3) is 0 Å². The summed E-state index contributed by atoms with van der Waals surface area (Å²) in [6, 6.07) is 13.2. The van der Waals surface area contributed by atoms with Gasteiger partial charge >= 0.3 is 5.97 Å². The zero-order valence-electron chi connectivity index (χ0n) is 24.5. The van der Waals surface area contributed by atoms with Crippen molar-refractivity contribution in [1.29, 1.82) is 0 Å². The number of carbonyl (C=O) groups is 1. The molecule has 0 saturated carbocycles. The Labute approximate surface area is 253 Å². The quantitative estimate of drug-likeness (QED) is 0.268. The lowest BCUT2D eigenvalue weighted by molar-refractivity contribution is -0.153. The number of carboxylic acids is 1. The van der Waals surface area contributed by atoms with E-state index >= 15 is 4.39 Å². The van der Waals surface area contributed by atoms with Crippen molar-refractivity contribution in [2.45, 2.75) is 45.4 Å². The number of rotatable bonds is 8. The summed E-state index contributed by atoms with van der Waals surface area (Å²) in [5.41, 5.74) is 3.94. The second-order valence-electron chi connectivity index (χ2n) is 11.1. The van der Waals surface area contributed by atoms with E-state index in [2.05, 4.69) is 9.88 Å². The summed E-state index contributed by atoms with van der Waals surface area (Å²) in [4.78, 5) is 24.8. The molecule has 2 N–H and O–H groups in total. The summed E-state index contributed by atoms with van der Waals surface area (Å²) in [5.74, 6) is -1.14. The summed E-state index contributed by atoms with van der Waals surface area (Å²) in [6.07, 6.45) is 0.956. The number of aliphatic hydroxyl groups is 1. The number of aryl methyl sites for hydroxylation is 1. The van der Waals surface area contributed by atoms with Crippen LogP contribution in [0.25, 0.3) is 22.3 Å². The zero-order chi connectivity index (χ0) is 31.1. The first-order valence-electron chi connectivity index (χ1n) is 14.3. The third-order valence-corrected chi connectivity index (χ3v) is 8.38. The lowest BCUT2D eigenvalue weighted by Gasteiger charge is -2.32. The second-order valence-corrected chi connectivity index (χ2v) is 11.1. The molecule has 0 amide bonds. The van der Waals surface area contributed by atoms with Crippen LogP contribution in [0.4, 0.5) is 14.7 Å². The predicted molar refractivity (Wildman–Crippen MR) is 159 cm³/mol. The van der Waals surface area contributed by atoms with Gasteiger partial charge in [-0.1, -0.05) is 18.2 Å². The number of aromatic carboxylic acids is 1. The lowest BCUT2D eigenvalue weighted by atomic mass is 9.93. The van der Waals surface area contributed by atoms with E-state index in [9.17, 15) is 19.4 Å². The van der Waals surface area contributed by atoms with Gasteiger partial charge < -0.3 is 24.6 Å². The molecule has 3 atom stereocenters. The Morgan fingerprint density at radius 1 is 1.05 bits per heavy atom. The highest BCUT2D eigenvalue weighted by Crippen LogP contribution is 2.41. The molecular formula is C33H32F2N4O5. The van der Waals surface area contributed by atoms with Gasteiger partial charge in [0.2, 0.25) is 12.4 Å². The molecule has 4 aromatic rings. The number of aliphatic hydroxyl groups excluding tert-OH is 1. The van der Waals surface area contributed by atoms with E-state index in [1.807, 2.05) is 6.92 Å². The van der Waals surface area contributed by atoms with E-state index in [4.69, 9.17) is 14.5 Å².